The van der Waals surface area contributed by atoms with Gasteiger partial charge in [-0.2, -0.15) is 13.2 Å². The summed E-state index contributed by atoms with van der Waals surface area (Å²) in [6.07, 6.45) is -4.21. The Morgan fingerprint density at radius 2 is 1.93 bits per heavy atom. The molecule has 0 radical (unpaired) electrons. The largest absolute Gasteiger partial charge is 0.434 e. The van der Waals surface area contributed by atoms with Crippen LogP contribution in [0.5, 0.6) is 0 Å². The predicted molar refractivity (Wildman–Crippen MR) is 103 cm³/mol. The summed E-state index contributed by atoms with van der Waals surface area (Å²) in [7, 11) is 0. The third-order valence-corrected chi connectivity index (χ3v) is 4.37. The van der Waals surface area contributed by atoms with Crippen LogP contribution < -0.4 is 16.0 Å². The molecule has 6 nitrogen and oxygen atoms in total. The van der Waals surface area contributed by atoms with E-state index in [1.165, 1.54) is 0 Å². The van der Waals surface area contributed by atoms with Crippen molar-refractivity contribution in [1.82, 2.24) is 20.9 Å². The number of thiazole rings is 1. The van der Waals surface area contributed by atoms with Crippen molar-refractivity contribution in [2.45, 2.75) is 32.6 Å². The van der Waals surface area contributed by atoms with Gasteiger partial charge < -0.3 is 16.0 Å². The Morgan fingerprint density at radius 3 is 2.57 bits per heavy atom. The molecule has 1 aromatic carbocycles. The number of guanidine groups is 1. The average molecular weight is 413 g/mol. The summed E-state index contributed by atoms with van der Waals surface area (Å²) in [6, 6.07) is 9.58. The standard InChI is InChI=1S/C18H22F3N5OS/c1-2-22-17(25-11-16-26-14(12-28-16)18(19,20)21)23-9-8-15(27)24-10-13-6-4-3-5-7-13/h3-7,12H,2,8-11H2,1H3,(H,24,27)(H2,22,23,25). The number of hydrogen-bond donors (Lipinski definition) is 3. The molecule has 0 aliphatic carbocycles. The first kappa shape index (κ1) is 21.7. The number of carbonyl (C=O) groups is 1. The normalized spacial score (nSPS) is 11.9. The molecule has 2 rings (SSSR count). The van der Waals surface area contributed by atoms with Crippen molar-refractivity contribution >= 4 is 23.2 Å². The summed E-state index contributed by atoms with van der Waals surface area (Å²) in [5, 5.41) is 10.0. The van der Waals surface area contributed by atoms with E-state index in [1.807, 2.05) is 37.3 Å². The van der Waals surface area contributed by atoms with Gasteiger partial charge in [-0.25, -0.2) is 9.98 Å². The zero-order valence-electron chi connectivity index (χ0n) is 15.3. The van der Waals surface area contributed by atoms with E-state index in [4.69, 9.17) is 0 Å². The fourth-order valence-electron chi connectivity index (χ4n) is 2.18. The van der Waals surface area contributed by atoms with Gasteiger partial charge in [-0.3, -0.25) is 4.79 Å². The Morgan fingerprint density at radius 1 is 1.18 bits per heavy atom. The molecule has 0 saturated heterocycles. The summed E-state index contributed by atoms with van der Waals surface area (Å²) in [5.74, 6) is 0.309. The molecule has 1 heterocycles. The van der Waals surface area contributed by atoms with Crippen molar-refractivity contribution in [3.63, 3.8) is 0 Å². The molecule has 28 heavy (non-hydrogen) atoms. The van der Waals surface area contributed by atoms with Gasteiger partial charge >= 0.3 is 6.18 Å². The first-order chi connectivity index (χ1) is 13.4. The molecular formula is C18H22F3N5OS. The van der Waals surface area contributed by atoms with Gasteiger partial charge in [0.15, 0.2) is 11.7 Å². The number of carbonyl (C=O) groups excluding carboxylic acids is 1. The van der Waals surface area contributed by atoms with Crippen LogP contribution in [0.15, 0.2) is 40.7 Å². The van der Waals surface area contributed by atoms with E-state index in [9.17, 15) is 18.0 Å². The maximum absolute atomic E-state index is 12.6. The van der Waals surface area contributed by atoms with E-state index in [2.05, 4.69) is 25.9 Å². The smallest absolute Gasteiger partial charge is 0.357 e. The molecule has 1 aromatic heterocycles. The monoisotopic (exact) mass is 413 g/mol. The van der Waals surface area contributed by atoms with Gasteiger partial charge in [0.05, 0.1) is 6.54 Å². The lowest BCUT2D eigenvalue weighted by Crippen LogP contribution is -2.39. The van der Waals surface area contributed by atoms with Gasteiger partial charge in [0, 0.05) is 31.4 Å². The Balaban J connectivity index is 1.77. The lowest BCUT2D eigenvalue weighted by molar-refractivity contribution is -0.140. The highest BCUT2D eigenvalue weighted by Crippen LogP contribution is 2.30. The molecule has 3 N–H and O–H groups in total. The highest BCUT2D eigenvalue weighted by atomic mass is 32.1. The van der Waals surface area contributed by atoms with Gasteiger partial charge in [0.25, 0.3) is 0 Å². The van der Waals surface area contributed by atoms with E-state index < -0.39 is 11.9 Å². The van der Waals surface area contributed by atoms with E-state index in [-0.39, 0.29) is 23.9 Å². The van der Waals surface area contributed by atoms with Crippen LogP contribution in [-0.2, 0) is 24.1 Å². The highest BCUT2D eigenvalue weighted by Gasteiger charge is 2.33. The summed E-state index contributed by atoms with van der Waals surface area (Å²) in [6.45, 7) is 3.28. The van der Waals surface area contributed by atoms with Crippen LogP contribution in [0.25, 0.3) is 0 Å². The van der Waals surface area contributed by atoms with Crippen LogP contribution in [0.4, 0.5) is 13.2 Å². The minimum atomic E-state index is -4.45. The van der Waals surface area contributed by atoms with Gasteiger partial charge in [0.2, 0.25) is 5.91 Å². The minimum absolute atomic E-state index is 0.0241. The number of alkyl halides is 3. The summed E-state index contributed by atoms with van der Waals surface area (Å²) < 4.78 is 37.7. The molecule has 0 spiro atoms. The molecule has 0 saturated carbocycles. The van der Waals surface area contributed by atoms with Crippen molar-refractivity contribution in [2.75, 3.05) is 13.1 Å². The lowest BCUT2D eigenvalue weighted by Gasteiger charge is -2.11. The summed E-state index contributed by atoms with van der Waals surface area (Å²) >= 11 is 0.912. The van der Waals surface area contributed by atoms with Crippen LogP contribution in [0.2, 0.25) is 0 Å². The maximum Gasteiger partial charge on any atom is 0.434 e. The fourth-order valence-corrected chi connectivity index (χ4v) is 2.91. The molecule has 152 valence electrons. The maximum atomic E-state index is 12.6. The van der Waals surface area contributed by atoms with Gasteiger partial charge in [-0.1, -0.05) is 30.3 Å². The zero-order valence-corrected chi connectivity index (χ0v) is 16.2. The fraction of sp³-hybridized carbons (Fsp3) is 0.389. The lowest BCUT2D eigenvalue weighted by atomic mass is 10.2. The molecule has 2 aromatic rings. The molecule has 0 bridgehead atoms. The number of aliphatic imine (C=N–C) groups is 1. The van der Waals surface area contributed by atoms with E-state index >= 15 is 0 Å². The first-order valence-corrected chi connectivity index (χ1v) is 9.61. The second-order valence-electron chi connectivity index (χ2n) is 5.76. The number of aromatic nitrogens is 1. The SMILES string of the molecule is CCNC(=NCc1nc(C(F)(F)F)cs1)NCCC(=O)NCc1ccccc1. The van der Waals surface area contributed by atoms with Gasteiger partial charge in [-0.15, -0.1) is 11.3 Å². The first-order valence-electron chi connectivity index (χ1n) is 8.73. The van der Waals surface area contributed by atoms with Crippen molar-refractivity contribution in [1.29, 1.82) is 0 Å². The number of nitrogens with one attached hydrogen (secondary N) is 3. The predicted octanol–water partition coefficient (Wildman–Crippen LogP) is 2.92. The van der Waals surface area contributed by atoms with Crippen LogP contribution >= 0.6 is 11.3 Å². The van der Waals surface area contributed by atoms with E-state index in [0.29, 0.717) is 25.6 Å². The Bertz CT molecular complexity index is 777. The molecule has 0 fully saturated rings. The zero-order chi connectivity index (χ0) is 20.4. The van der Waals surface area contributed by atoms with Crippen molar-refractivity contribution in [3.8, 4) is 0 Å². The molecular weight excluding hydrogens is 391 g/mol. The number of amides is 1. The topological polar surface area (TPSA) is 78.4 Å². The van der Waals surface area contributed by atoms with E-state index in [0.717, 1.165) is 22.3 Å². The molecule has 10 heteroatoms. The number of benzene rings is 1. The highest BCUT2D eigenvalue weighted by molar-refractivity contribution is 7.09. The Kier molecular flexibility index (Phi) is 8.24. The quantitative estimate of drug-likeness (QED) is 0.459. The van der Waals surface area contributed by atoms with Gasteiger partial charge in [-0.05, 0) is 12.5 Å². The second kappa shape index (κ2) is 10.6. The molecule has 0 atom stereocenters. The van der Waals surface area contributed by atoms with Gasteiger partial charge in [0.1, 0.15) is 5.01 Å². The Hall–Kier alpha value is -2.62. The molecule has 0 aliphatic heterocycles. The second-order valence-corrected chi connectivity index (χ2v) is 6.70. The summed E-state index contributed by atoms with van der Waals surface area (Å²) in [5.41, 5.74) is 0.108. The number of hydrogen-bond acceptors (Lipinski definition) is 4. The molecule has 1 amide bonds. The third kappa shape index (κ3) is 7.55. The van der Waals surface area contributed by atoms with Crippen molar-refractivity contribution in [2.24, 2.45) is 4.99 Å². The molecule has 0 aliphatic rings. The Labute approximate surface area is 165 Å². The number of nitrogens with zero attached hydrogens (tertiary/aromatic N) is 2. The van der Waals surface area contributed by atoms with Crippen LogP contribution in [0, 0.1) is 0 Å². The van der Waals surface area contributed by atoms with E-state index in [1.54, 1.807) is 0 Å². The molecule has 0 unspecified atom stereocenters. The summed E-state index contributed by atoms with van der Waals surface area (Å²) in [4.78, 5) is 19.7. The van der Waals surface area contributed by atoms with Crippen molar-refractivity contribution < 1.29 is 18.0 Å². The average Bonchev–Trinajstić information content (AvgIpc) is 3.15. The van der Waals surface area contributed by atoms with Crippen LogP contribution in [0.1, 0.15) is 29.6 Å². The third-order valence-electron chi connectivity index (χ3n) is 3.54. The van der Waals surface area contributed by atoms with Crippen LogP contribution in [-0.4, -0.2) is 29.9 Å². The number of halogens is 3. The van der Waals surface area contributed by atoms with Crippen LogP contribution in [0.3, 0.4) is 0 Å². The number of rotatable bonds is 8. The van der Waals surface area contributed by atoms with Crippen molar-refractivity contribution in [3.05, 3.63) is 52.0 Å². The minimum Gasteiger partial charge on any atom is -0.357 e.